The van der Waals surface area contributed by atoms with Gasteiger partial charge in [-0.25, -0.2) is 0 Å². The molecule has 1 aliphatic rings. The zero-order valence-electron chi connectivity index (χ0n) is 18.1. The van der Waals surface area contributed by atoms with Crippen LogP contribution >= 0.6 is 0 Å². The number of anilines is 1. The average molecular weight is 397 g/mol. The largest absolute Gasteiger partial charge is 0.369 e. The van der Waals surface area contributed by atoms with Gasteiger partial charge >= 0.3 is 0 Å². The number of rotatable bonds is 4. The zero-order valence-corrected chi connectivity index (χ0v) is 18.1. The number of hydrogen-bond donors (Lipinski definition) is 2. The van der Waals surface area contributed by atoms with E-state index in [2.05, 4.69) is 48.2 Å². The minimum atomic E-state index is -0.139. The Bertz CT molecular complexity index is 903. The van der Waals surface area contributed by atoms with Gasteiger partial charge in [0, 0.05) is 49.9 Å². The topological polar surface area (TPSA) is 74.3 Å². The van der Waals surface area contributed by atoms with E-state index in [0.717, 1.165) is 30.6 Å². The van der Waals surface area contributed by atoms with Gasteiger partial charge < -0.3 is 15.5 Å². The minimum Gasteiger partial charge on any atom is -0.369 e. The molecular formula is C23H32N4O2. The standard InChI is InChI=1S/C23H32N4O2/c1-15-11-16(26-20(28)12-23(2,3)4)14-27(13-15)19-9-8-18(22(29)24-5)21-17(19)7-6-10-25-21/h6-10,15-16H,11-14H2,1-5H3,(H,24,29)(H,26,28)/t15-,16+/m0/s1. The smallest absolute Gasteiger partial charge is 0.253 e. The van der Waals surface area contributed by atoms with E-state index in [9.17, 15) is 9.59 Å². The molecule has 1 aromatic carbocycles. The third-order valence-electron chi connectivity index (χ3n) is 5.27. The van der Waals surface area contributed by atoms with Crippen molar-refractivity contribution in [3.63, 3.8) is 0 Å². The van der Waals surface area contributed by atoms with Crippen molar-refractivity contribution in [3.8, 4) is 0 Å². The molecule has 6 nitrogen and oxygen atoms in total. The second-order valence-electron chi connectivity index (χ2n) is 9.36. The van der Waals surface area contributed by atoms with Crippen molar-refractivity contribution in [2.75, 3.05) is 25.0 Å². The molecule has 1 aliphatic heterocycles. The van der Waals surface area contributed by atoms with E-state index in [4.69, 9.17) is 0 Å². The van der Waals surface area contributed by atoms with E-state index < -0.39 is 0 Å². The summed E-state index contributed by atoms with van der Waals surface area (Å²) in [6.07, 6.45) is 3.21. The van der Waals surface area contributed by atoms with Crippen LogP contribution in [-0.4, -0.2) is 43.0 Å². The molecule has 1 saturated heterocycles. The molecule has 0 spiro atoms. The minimum absolute atomic E-state index is 0.0262. The van der Waals surface area contributed by atoms with Crippen molar-refractivity contribution in [1.82, 2.24) is 15.6 Å². The van der Waals surface area contributed by atoms with Crippen LogP contribution in [0.4, 0.5) is 5.69 Å². The summed E-state index contributed by atoms with van der Waals surface area (Å²) in [5.74, 6) is 0.423. The Morgan fingerprint density at radius 2 is 1.97 bits per heavy atom. The molecule has 2 aromatic rings. The van der Waals surface area contributed by atoms with E-state index in [1.165, 1.54) is 0 Å². The van der Waals surface area contributed by atoms with Gasteiger partial charge in [-0.2, -0.15) is 0 Å². The maximum absolute atomic E-state index is 12.5. The molecule has 2 N–H and O–H groups in total. The lowest BCUT2D eigenvalue weighted by molar-refractivity contribution is -0.123. The van der Waals surface area contributed by atoms with Crippen LogP contribution in [0.1, 0.15) is 50.9 Å². The number of benzene rings is 1. The highest BCUT2D eigenvalue weighted by Gasteiger charge is 2.28. The maximum atomic E-state index is 12.5. The molecule has 0 aliphatic carbocycles. The molecule has 2 amide bonds. The fraction of sp³-hybridized carbons (Fsp3) is 0.522. The molecule has 0 radical (unpaired) electrons. The second-order valence-corrected chi connectivity index (χ2v) is 9.36. The molecule has 156 valence electrons. The number of hydrogen-bond acceptors (Lipinski definition) is 4. The van der Waals surface area contributed by atoms with Gasteiger partial charge in [0.25, 0.3) is 5.91 Å². The molecule has 29 heavy (non-hydrogen) atoms. The van der Waals surface area contributed by atoms with Crippen molar-refractivity contribution >= 4 is 28.4 Å². The zero-order chi connectivity index (χ0) is 21.2. The monoisotopic (exact) mass is 396 g/mol. The van der Waals surface area contributed by atoms with Gasteiger partial charge in [0.15, 0.2) is 0 Å². The Hall–Kier alpha value is -2.63. The predicted molar refractivity (Wildman–Crippen MR) is 117 cm³/mol. The SMILES string of the molecule is CNC(=O)c1ccc(N2C[C@@H](C)C[C@@H](NC(=O)CC(C)(C)C)C2)c2cccnc12. The van der Waals surface area contributed by atoms with Gasteiger partial charge in [-0.05, 0) is 42.0 Å². The molecule has 0 unspecified atom stereocenters. The van der Waals surface area contributed by atoms with Gasteiger partial charge in [0.2, 0.25) is 5.91 Å². The van der Waals surface area contributed by atoms with Crippen LogP contribution in [0, 0.1) is 11.3 Å². The van der Waals surface area contributed by atoms with Gasteiger partial charge in [-0.1, -0.05) is 27.7 Å². The molecule has 2 heterocycles. The Morgan fingerprint density at radius 3 is 2.66 bits per heavy atom. The van der Waals surface area contributed by atoms with Crippen molar-refractivity contribution in [2.45, 2.75) is 46.6 Å². The van der Waals surface area contributed by atoms with Crippen LogP contribution in [-0.2, 0) is 4.79 Å². The number of fused-ring (bicyclic) bond motifs is 1. The van der Waals surface area contributed by atoms with E-state index in [-0.39, 0.29) is 23.3 Å². The number of nitrogens with one attached hydrogen (secondary N) is 2. The van der Waals surface area contributed by atoms with E-state index in [1.807, 2.05) is 24.3 Å². The third-order valence-corrected chi connectivity index (χ3v) is 5.27. The fourth-order valence-corrected chi connectivity index (χ4v) is 4.16. The summed E-state index contributed by atoms with van der Waals surface area (Å²) in [5.41, 5.74) is 2.31. The Morgan fingerprint density at radius 1 is 1.21 bits per heavy atom. The number of carbonyl (C=O) groups is 2. The normalized spacial score (nSPS) is 19.8. The van der Waals surface area contributed by atoms with Crippen LogP contribution in [0.3, 0.4) is 0 Å². The van der Waals surface area contributed by atoms with Crippen molar-refractivity contribution in [1.29, 1.82) is 0 Å². The summed E-state index contributed by atoms with van der Waals surface area (Å²) in [4.78, 5) is 31.5. The highest BCUT2D eigenvalue weighted by atomic mass is 16.2. The Kier molecular flexibility index (Phi) is 6.10. The van der Waals surface area contributed by atoms with Crippen molar-refractivity contribution < 1.29 is 9.59 Å². The van der Waals surface area contributed by atoms with Gasteiger partial charge in [0.05, 0.1) is 11.1 Å². The number of nitrogens with zero attached hydrogens (tertiary/aromatic N) is 2. The van der Waals surface area contributed by atoms with Crippen LogP contribution < -0.4 is 15.5 Å². The number of piperidine rings is 1. The maximum Gasteiger partial charge on any atom is 0.253 e. The Balaban J connectivity index is 1.87. The number of aromatic nitrogens is 1. The third kappa shape index (κ3) is 5.05. The number of amides is 2. The molecule has 3 rings (SSSR count). The summed E-state index contributed by atoms with van der Waals surface area (Å²) < 4.78 is 0. The molecule has 2 atom stereocenters. The van der Waals surface area contributed by atoms with Gasteiger partial charge in [-0.3, -0.25) is 14.6 Å². The first-order chi connectivity index (χ1) is 13.7. The molecule has 6 heteroatoms. The highest BCUT2D eigenvalue weighted by Crippen LogP contribution is 2.31. The molecular weight excluding hydrogens is 364 g/mol. The van der Waals surface area contributed by atoms with E-state index in [1.54, 1.807) is 13.2 Å². The lowest BCUT2D eigenvalue weighted by Crippen LogP contribution is -2.51. The quantitative estimate of drug-likeness (QED) is 0.831. The lowest BCUT2D eigenvalue weighted by Gasteiger charge is -2.39. The number of pyridine rings is 1. The predicted octanol–water partition coefficient (Wildman–Crippen LogP) is 3.36. The van der Waals surface area contributed by atoms with Crippen LogP contribution in [0.25, 0.3) is 10.9 Å². The summed E-state index contributed by atoms with van der Waals surface area (Å²) in [6.45, 7) is 10.1. The second kappa shape index (κ2) is 8.39. The van der Waals surface area contributed by atoms with Crippen molar-refractivity contribution in [2.24, 2.45) is 11.3 Å². The lowest BCUT2D eigenvalue weighted by atomic mass is 9.90. The highest BCUT2D eigenvalue weighted by molar-refractivity contribution is 6.08. The molecule has 1 fully saturated rings. The van der Waals surface area contributed by atoms with Crippen LogP contribution in [0.15, 0.2) is 30.5 Å². The van der Waals surface area contributed by atoms with E-state index in [0.29, 0.717) is 23.4 Å². The average Bonchev–Trinajstić information content (AvgIpc) is 2.64. The first kappa shape index (κ1) is 21.1. The Labute approximate surface area is 173 Å². The van der Waals surface area contributed by atoms with Crippen LogP contribution in [0.5, 0.6) is 0 Å². The van der Waals surface area contributed by atoms with Gasteiger partial charge in [0.1, 0.15) is 0 Å². The summed E-state index contributed by atoms with van der Waals surface area (Å²) in [5, 5.41) is 6.88. The molecule has 1 aromatic heterocycles. The fourth-order valence-electron chi connectivity index (χ4n) is 4.16. The molecule has 0 saturated carbocycles. The van der Waals surface area contributed by atoms with E-state index >= 15 is 0 Å². The summed E-state index contributed by atoms with van der Waals surface area (Å²) >= 11 is 0. The van der Waals surface area contributed by atoms with Gasteiger partial charge in [-0.15, -0.1) is 0 Å². The molecule has 0 bridgehead atoms. The summed E-state index contributed by atoms with van der Waals surface area (Å²) in [7, 11) is 1.63. The van der Waals surface area contributed by atoms with Crippen molar-refractivity contribution in [3.05, 3.63) is 36.0 Å². The van der Waals surface area contributed by atoms with Crippen LogP contribution in [0.2, 0.25) is 0 Å². The number of carbonyl (C=O) groups excluding carboxylic acids is 2. The first-order valence-corrected chi connectivity index (χ1v) is 10.3. The summed E-state index contributed by atoms with van der Waals surface area (Å²) in [6, 6.07) is 7.86. The first-order valence-electron chi connectivity index (χ1n) is 10.3.